The molecule has 1 saturated heterocycles. The Morgan fingerprint density at radius 3 is 2.90 bits per heavy atom. The summed E-state index contributed by atoms with van der Waals surface area (Å²) in [5, 5.41) is 12.9. The van der Waals surface area contributed by atoms with Gasteiger partial charge in [-0.25, -0.2) is 4.79 Å². The third kappa shape index (κ3) is 2.54. The molecule has 1 aliphatic heterocycles. The van der Waals surface area contributed by atoms with E-state index in [1.54, 1.807) is 12.1 Å². The van der Waals surface area contributed by atoms with Crippen molar-refractivity contribution in [2.45, 2.75) is 25.3 Å². The Kier molecular flexibility index (Phi) is 3.47. The highest BCUT2D eigenvalue weighted by Gasteiger charge is 2.33. The van der Waals surface area contributed by atoms with Gasteiger partial charge in [0, 0.05) is 12.6 Å². The van der Waals surface area contributed by atoms with E-state index in [0.717, 1.165) is 12.8 Å². The Balaban J connectivity index is 1.83. The standard InChI is InChI=1S/C14H14N2O5/c17-13(16-6-2-1-4-10(16)14(18)19)9-8-12(21-15-9)11-5-3-7-20-11/h3,5,7-8,10H,1-2,4,6H2,(H,18,19). The average Bonchev–Trinajstić information content (AvgIpc) is 3.17. The predicted molar refractivity (Wildman–Crippen MR) is 70.5 cm³/mol. The average molecular weight is 290 g/mol. The Labute approximate surface area is 120 Å². The van der Waals surface area contributed by atoms with Crippen molar-refractivity contribution in [2.75, 3.05) is 6.54 Å². The quantitative estimate of drug-likeness (QED) is 0.928. The smallest absolute Gasteiger partial charge is 0.326 e. The van der Waals surface area contributed by atoms with E-state index in [1.807, 2.05) is 0 Å². The fourth-order valence-electron chi connectivity index (χ4n) is 2.49. The second-order valence-electron chi connectivity index (χ2n) is 4.90. The van der Waals surface area contributed by atoms with Gasteiger partial charge in [0.2, 0.25) is 5.76 Å². The predicted octanol–water partition coefficient (Wildman–Crippen LogP) is 2.01. The first kappa shape index (κ1) is 13.4. The van der Waals surface area contributed by atoms with Gasteiger partial charge < -0.3 is 18.9 Å². The summed E-state index contributed by atoms with van der Waals surface area (Å²) in [6.07, 6.45) is 3.55. The molecule has 21 heavy (non-hydrogen) atoms. The highest BCUT2D eigenvalue weighted by Crippen LogP contribution is 2.24. The van der Waals surface area contributed by atoms with Crippen LogP contribution in [-0.2, 0) is 4.79 Å². The van der Waals surface area contributed by atoms with Crippen LogP contribution in [0.3, 0.4) is 0 Å². The Bertz CT molecular complexity index is 646. The summed E-state index contributed by atoms with van der Waals surface area (Å²) in [6.45, 7) is 0.415. The van der Waals surface area contributed by atoms with Crippen LogP contribution in [0.15, 0.2) is 33.4 Å². The van der Waals surface area contributed by atoms with Gasteiger partial charge in [-0.3, -0.25) is 4.79 Å². The number of likely N-dealkylation sites (tertiary alicyclic amines) is 1. The monoisotopic (exact) mass is 290 g/mol. The summed E-state index contributed by atoms with van der Waals surface area (Å²) >= 11 is 0. The third-order valence-corrected chi connectivity index (χ3v) is 3.54. The molecule has 2 aromatic rings. The Hall–Kier alpha value is -2.57. The number of carboxylic acids is 1. The van der Waals surface area contributed by atoms with Crippen molar-refractivity contribution in [3.8, 4) is 11.5 Å². The normalized spacial score (nSPS) is 18.7. The molecule has 2 aromatic heterocycles. The van der Waals surface area contributed by atoms with E-state index in [9.17, 15) is 14.7 Å². The lowest BCUT2D eigenvalue weighted by Gasteiger charge is -2.32. The number of carboxylic acid groups (broad SMARTS) is 1. The van der Waals surface area contributed by atoms with E-state index >= 15 is 0 Å². The molecular formula is C14H14N2O5. The molecule has 1 atom stereocenters. The number of hydrogen-bond acceptors (Lipinski definition) is 5. The summed E-state index contributed by atoms with van der Waals surface area (Å²) in [7, 11) is 0. The SMILES string of the molecule is O=C(O)C1CCCCN1C(=O)c1cc(-c2ccco2)on1. The highest BCUT2D eigenvalue weighted by atomic mass is 16.5. The van der Waals surface area contributed by atoms with E-state index < -0.39 is 17.9 Å². The largest absolute Gasteiger partial charge is 0.480 e. The number of furan rings is 1. The molecule has 3 rings (SSSR count). The van der Waals surface area contributed by atoms with Gasteiger partial charge in [0.1, 0.15) is 6.04 Å². The molecule has 3 heterocycles. The molecule has 1 N–H and O–H groups in total. The molecule has 0 spiro atoms. The zero-order chi connectivity index (χ0) is 14.8. The number of rotatable bonds is 3. The van der Waals surface area contributed by atoms with Gasteiger partial charge in [-0.05, 0) is 31.4 Å². The van der Waals surface area contributed by atoms with Crippen molar-refractivity contribution < 1.29 is 23.6 Å². The summed E-state index contributed by atoms with van der Waals surface area (Å²) in [5.41, 5.74) is 0.0922. The zero-order valence-electron chi connectivity index (χ0n) is 11.2. The minimum Gasteiger partial charge on any atom is -0.480 e. The first-order valence-electron chi connectivity index (χ1n) is 6.71. The summed E-state index contributed by atoms with van der Waals surface area (Å²) in [5.74, 6) is -0.608. The van der Waals surface area contributed by atoms with Gasteiger partial charge in [-0.1, -0.05) is 5.16 Å². The molecule has 110 valence electrons. The van der Waals surface area contributed by atoms with Gasteiger partial charge in [-0.15, -0.1) is 0 Å². The van der Waals surface area contributed by atoms with Crippen molar-refractivity contribution in [1.82, 2.24) is 10.1 Å². The van der Waals surface area contributed by atoms with E-state index in [-0.39, 0.29) is 5.69 Å². The molecule has 0 saturated carbocycles. The molecule has 7 nitrogen and oxygen atoms in total. The summed E-state index contributed by atoms with van der Waals surface area (Å²) < 4.78 is 10.2. The van der Waals surface area contributed by atoms with Crippen LogP contribution in [0, 0.1) is 0 Å². The van der Waals surface area contributed by atoms with Crippen LogP contribution in [0.1, 0.15) is 29.8 Å². The Morgan fingerprint density at radius 2 is 2.19 bits per heavy atom. The number of amides is 1. The minimum atomic E-state index is -0.988. The van der Waals surface area contributed by atoms with Gasteiger partial charge in [-0.2, -0.15) is 0 Å². The van der Waals surface area contributed by atoms with Crippen LogP contribution in [0.5, 0.6) is 0 Å². The maximum Gasteiger partial charge on any atom is 0.326 e. The maximum absolute atomic E-state index is 12.4. The minimum absolute atomic E-state index is 0.0922. The van der Waals surface area contributed by atoms with Crippen LogP contribution in [-0.4, -0.2) is 39.6 Å². The topological polar surface area (TPSA) is 96.8 Å². The number of carbonyl (C=O) groups excluding carboxylic acids is 1. The first-order valence-corrected chi connectivity index (χ1v) is 6.71. The van der Waals surface area contributed by atoms with Crippen molar-refractivity contribution in [2.24, 2.45) is 0 Å². The lowest BCUT2D eigenvalue weighted by Crippen LogP contribution is -2.48. The van der Waals surface area contributed by atoms with Crippen LogP contribution in [0.25, 0.3) is 11.5 Å². The number of nitrogens with zero attached hydrogens (tertiary/aromatic N) is 2. The molecule has 0 aromatic carbocycles. The van der Waals surface area contributed by atoms with Crippen LogP contribution in [0.2, 0.25) is 0 Å². The fraction of sp³-hybridized carbons (Fsp3) is 0.357. The molecule has 1 amide bonds. The van der Waals surface area contributed by atoms with E-state index in [0.29, 0.717) is 24.5 Å². The van der Waals surface area contributed by atoms with Crippen LogP contribution < -0.4 is 0 Å². The van der Waals surface area contributed by atoms with Crippen molar-refractivity contribution in [3.63, 3.8) is 0 Å². The van der Waals surface area contributed by atoms with Gasteiger partial charge in [0.15, 0.2) is 11.5 Å². The number of aromatic nitrogens is 1. The fourth-order valence-corrected chi connectivity index (χ4v) is 2.49. The van der Waals surface area contributed by atoms with E-state index in [4.69, 9.17) is 8.94 Å². The lowest BCUT2D eigenvalue weighted by molar-refractivity contribution is -0.143. The van der Waals surface area contributed by atoms with Crippen molar-refractivity contribution in [1.29, 1.82) is 0 Å². The van der Waals surface area contributed by atoms with Crippen LogP contribution >= 0.6 is 0 Å². The molecular weight excluding hydrogens is 276 g/mol. The molecule has 1 aliphatic rings. The second kappa shape index (κ2) is 5.43. The van der Waals surface area contributed by atoms with Crippen LogP contribution in [0.4, 0.5) is 0 Å². The molecule has 0 bridgehead atoms. The highest BCUT2D eigenvalue weighted by molar-refractivity contribution is 5.95. The number of carbonyl (C=O) groups is 2. The van der Waals surface area contributed by atoms with E-state index in [1.165, 1.54) is 17.2 Å². The van der Waals surface area contributed by atoms with E-state index in [2.05, 4.69) is 5.16 Å². The number of hydrogen-bond donors (Lipinski definition) is 1. The number of aliphatic carboxylic acids is 1. The first-order chi connectivity index (χ1) is 10.2. The molecule has 1 fully saturated rings. The number of piperidine rings is 1. The molecule has 0 radical (unpaired) electrons. The van der Waals surface area contributed by atoms with Gasteiger partial charge in [0.05, 0.1) is 6.26 Å². The summed E-state index contributed by atoms with van der Waals surface area (Å²) in [4.78, 5) is 25.0. The zero-order valence-corrected chi connectivity index (χ0v) is 11.2. The molecule has 0 aliphatic carbocycles. The van der Waals surface area contributed by atoms with Crippen molar-refractivity contribution in [3.05, 3.63) is 30.2 Å². The Morgan fingerprint density at radius 1 is 1.33 bits per heavy atom. The second-order valence-corrected chi connectivity index (χ2v) is 4.90. The molecule has 7 heteroatoms. The molecule has 1 unspecified atom stereocenters. The lowest BCUT2D eigenvalue weighted by atomic mass is 10.0. The summed E-state index contributed by atoms with van der Waals surface area (Å²) in [6, 6.07) is 4.06. The van der Waals surface area contributed by atoms with Crippen molar-refractivity contribution >= 4 is 11.9 Å². The van der Waals surface area contributed by atoms with Gasteiger partial charge in [0.25, 0.3) is 5.91 Å². The van der Waals surface area contributed by atoms with Gasteiger partial charge >= 0.3 is 5.97 Å². The third-order valence-electron chi connectivity index (χ3n) is 3.54. The maximum atomic E-state index is 12.4.